The van der Waals surface area contributed by atoms with Gasteiger partial charge in [-0.15, -0.1) is 0 Å². The van der Waals surface area contributed by atoms with Gasteiger partial charge < -0.3 is 15.3 Å². The van der Waals surface area contributed by atoms with Crippen LogP contribution < -0.4 is 5.32 Å². The predicted octanol–water partition coefficient (Wildman–Crippen LogP) is 0.554. The molecule has 1 amide bonds. The highest BCUT2D eigenvalue weighted by molar-refractivity contribution is 5.78. The quantitative estimate of drug-likeness (QED) is 0.714. The molecule has 0 saturated carbocycles. The Morgan fingerprint density at radius 2 is 1.94 bits per heavy atom. The van der Waals surface area contributed by atoms with Crippen LogP contribution in [0.4, 0.5) is 0 Å². The lowest BCUT2D eigenvalue weighted by Crippen LogP contribution is -2.53. The van der Waals surface area contributed by atoms with Gasteiger partial charge in [-0.1, -0.05) is 20.8 Å². The first-order valence-electron chi connectivity index (χ1n) is 6.15. The molecular formula is C12H22N2O3. The highest BCUT2D eigenvalue weighted by Crippen LogP contribution is 2.24. The van der Waals surface area contributed by atoms with E-state index in [2.05, 4.69) is 5.32 Å². The summed E-state index contributed by atoms with van der Waals surface area (Å²) in [5.41, 5.74) is 0. The second-order valence-electron chi connectivity index (χ2n) is 5.04. The van der Waals surface area contributed by atoms with Crippen molar-refractivity contribution in [1.82, 2.24) is 10.2 Å². The molecule has 1 rings (SSSR count). The van der Waals surface area contributed by atoms with Crippen molar-refractivity contribution in [2.45, 2.75) is 33.2 Å². The third-order valence-electron chi connectivity index (χ3n) is 3.25. The second kappa shape index (κ2) is 6.00. The van der Waals surface area contributed by atoms with Crippen molar-refractivity contribution in [2.24, 2.45) is 11.8 Å². The zero-order valence-electron chi connectivity index (χ0n) is 10.8. The number of nitrogens with zero attached hydrogens (tertiary/aromatic N) is 1. The fourth-order valence-corrected chi connectivity index (χ4v) is 1.86. The minimum Gasteiger partial charge on any atom is -0.481 e. The van der Waals surface area contributed by atoms with Crippen LogP contribution in [0.1, 0.15) is 27.2 Å². The van der Waals surface area contributed by atoms with E-state index >= 15 is 0 Å². The van der Waals surface area contributed by atoms with Crippen LogP contribution in [-0.4, -0.2) is 47.6 Å². The number of rotatable bonds is 6. The fraction of sp³-hybridized carbons (Fsp3) is 0.833. The third-order valence-corrected chi connectivity index (χ3v) is 3.25. The molecule has 1 unspecified atom stereocenters. The Balaban J connectivity index is 2.19. The van der Waals surface area contributed by atoms with Crippen molar-refractivity contribution in [3.05, 3.63) is 0 Å². The molecule has 0 aliphatic carbocycles. The summed E-state index contributed by atoms with van der Waals surface area (Å²) in [6, 6.07) is 0.388. The van der Waals surface area contributed by atoms with Gasteiger partial charge in [0.25, 0.3) is 0 Å². The van der Waals surface area contributed by atoms with E-state index in [1.807, 2.05) is 13.8 Å². The first-order valence-corrected chi connectivity index (χ1v) is 6.15. The molecule has 17 heavy (non-hydrogen) atoms. The highest BCUT2D eigenvalue weighted by Gasteiger charge is 2.36. The Labute approximate surface area is 102 Å². The Hall–Kier alpha value is -1.10. The molecule has 0 spiro atoms. The Morgan fingerprint density at radius 3 is 2.41 bits per heavy atom. The van der Waals surface area contributed by atoms with Crippen molar-refractivity contribution in [2.75, 3.05) is 19.6 Å². The molecule has 1 saturated heterocycles. The van der Waals surface area contributed by atoms with Crippen LogP contribution >= 0.6 is 0 Å². The number of hydrogen-bond acceptors (Lipinski definition) is 3. The van der Waals surface area contributed by atoms with Gasteiger partial charge in [0, 0.05) is 38.0 Å². The molecule has 1 atom stereocenters. The molecule has 98 valence electrons. The van der Waals surface area contributed by atoms with Gasteiger partial charge in [0.2, 0.25) is 5.91 Å². The van der Waals surface area contributed by atoms with Gasteiger partial charge >= 0.3 is 5.97 Å². The van der Waals surface area contributed by atoms with Gasteiger partial charge in [0.05, 0.1) is 5.92 Å². The number of likely N-dealkylation sites (tertiary alicyclic amines) is 1. The molecule has 0 bridgehead atoms. The SMILES string of the molecule is CC(C)NCCC(=O)N1CC(C(C)C(=O)O)C1. The van der Waals surface area contributed by atoms with Gasteiger partial charge in [0.1, 0.15) is 0 Å². The Kier molecular flexibility index (Phi) is 4.93. The lowest BCUT2D eigenvalue weighted by molar-refractivity contribution is -0.150. The molecule has 0 aromatic heterocycles. The summed E-state index contributed by atoms with van der Waals surface area (Å²) in [4.78, 5) is 24.2. The van der Waals surface area contributed by atoms with E-state index in [0.717, 1.165) is 0 Å². The number of carboxylic acids is 1. The molecule has 0 radical (unpaired) electrons. The van der Waals surface area contributed by atoms with Crippen molar-refractivity contribution < 1.29 is 14.7 Å². The van der Waals surface area contributed by atoms with Crippen molar-refractivity contribution in [1.29, 1.82) is 0 Å². The smallest absolute Gasteiger partial charge is 0.306 e. The average molecular weight is 242 g/mol. The minimum atomic E-state index is -0.774. The van der Waals surface area contributed by atoms with Crippen LogP contribution in [0.25, 0.3) is 0 Å². The number of hydrogen-bond donors (Lipinski definition) is 2. The summed E-state index contributed by atoms with van der Waals surface area (Å²) in [5.74, 6) is -0.891. The van der Waals surface area contributed by atoms with Crippen LogP contribution in [-0.2, 0) is 9.59 Å². The maximum Gasteiger partial charge on any atom is 0.306 e. The number of carboxylic acid groups (broad SMARTS) is 1. The molecule has 0 aromatic carbocycles. The zero-order valence-corrected chi connectivity index (χ0v) is 10.8. The summed E-state index contributed by atoms with van der Waals surface area (Å²) < 4.78 is 0. The normalized spacial score (nSPS) is 18.0. The van der Waals surface area contributed by atoms with Gasteiger partial charge in [0.15, 0.2) is 0 Å². The lowest BCUT2D eigenvalue weighted by Gasteiger charge is -2.41. The van der Waals surface area contributed by atoms with Crippen LogP contribution in [0, 0.1) is 11.8 Å². The van der Waals surface area contributed by atoms with E-state index in [1.54, 1.807) is 11.8 Å². The minimum absolute atomic E-state index is 0.118. The number of nitrogens with one attached hydrogen (secondary N) is 1. The van der Waals surface area contributed by atoms with Crippen molar-refractivity contribution in [3.63, 3.8) is 0 Å². The molecule has 0 aromatic rings. The number of amides is 1. The maximum absolute atomic E-state index is 11.7. The number of carbonyl (C=O) groups excluding carboxylic acids is 1. The first kappa shape index (κ1) is 14.0. The van der Waals surface area contributed by atoms with E-state index in [4.69, 9.17) is 5.11 Å². The first-order chi connectivity index (χ1) is 7.91. The van der Waals surface area contributed by atoms with E-state index in [9.17, 15) is 9.59 Å². The van der Waals surface area contributed by atoms with Gasteiger partial charge in [-0.3, -0.25) is 9.59 Å². The molecule has 1 heterocycles. The second-order valence-corrected chi connectivity index (χ2v) is 5.04. The molecule has 5 nitrogen and oxygen atoms in total. The van der Waals surface area contributed by atoms with Crippen molar-refractivity contribution in [3.8, 4) is 0 Å². The van der Waals surface area contributed by atoms with E-state index in [-0.39, 0.29) is 17.7 Å². The molecule has 1 aliphatic rings. The summed E-state index contributed by atoms with van der Waals surface area (Å²) in [6.07, 6.45) is 0.492. The van der Waals surface area contributed by atoms with Crippen LogP contribution in [0.15, 0.2) is 0 Å². The standard InChI is InChI=1S/C12H22N2O3/c1-8(2)13-5-4-11(15)14-6-10(7-14)9(3)12(16)17/h8-10,13H,4-7H2,1-3H3,(H,16,17). The molecule has 2 N–H and O–H groups in total. The van der Waals surface area contributed by atoms with Crippen LogP contribution in [0.2, 0.25) is 0 Å². The summed E-state index contributed by atoms with van der Waals surface area (Å²) in [6.45, 7) is 7.65. The highest BCUT2D eigenvalue weighted by atomic mass is 16.4. The van der Waals surface area contributed by atoms with Crippen LogP contribution in [0.3, 0.4) is 0 Å². The van der Waals surface area contributed by atoms with E-state index in [0.29, 0.717) is 32.1 Å². The number of aliphatic carboxylic acids is 1. The average Bonchev–Trinajstić information content (AvgIpc) is 2.14. The van der Waals surface area contributed by atoms with E-state index in [1.165, 1.54) is 0 Å². The predicted molar refractivity (Wildman–Crippen MR) is 64.6 cm³/mol. The van der Waals surface area contributed by atoms with Gasteiger partial charge in [-0.2, -0.15) is 0 Å². The largest absolute Gasteiger partial charge is 0.481 e. The topological polar surface area (TPSA) is 69.6 Å². The lowest BCUT2D eigenvalue weighted by atomic mass is 9.87. The Bertz CT molecular complexity index is 285. The zero-order chi connectivity index (χ0) is 13.0. The molecule has 1 aliphatic heterocycles. The molecule has 5 heteroatoms. The van der Waals surface area contributed by atoms with Crippen LogP contribution in [0.5, 0.6) is 0 Å². The summed E-state index contributed by atoms with van der Waals surface area (Å²) in [7, 11) is 0. The molecule has 1 fully saturated rings. The fourth-order valence-electron chi connectivity index (χ4n) is 1.86. The monoisotopic (exact) mass is 242 g/mol. The summed E-state index contributed by atoms with van der Waals surface area (Å²) >= 11 is 0. The molecular weight excluding hydrogens is 220 g/mol. The number of carbonyl (C=O) groups is 2. The third kappa shape index (κ3) is 4.00. The van der Waals surface area contributed by atoms with Crippen molar-refractivity contribution >= 4 is 11.9 Å². The Morgan fingerprint density at radius 1 is 1.35 bits per heavy atom. The summed E-state index contributed by atoms with van der Waals surface area (Å²) in [5, 5.41) is 12.0. The van der Waals surface area contributed by atoms with Gasteiger partial charge in [-0.05, 0) is 0 Å². The maximum atomic E-state index is 11.7. The van der Waals surface area contributed by atoms with Gasteiger partial charge in [-0.25, -0.2) is 0 Å². The van der Waals surface area contributed by atoms with E-state index < -0.39 is 5.97 Å².